The van der Waals surface area contributed by atoms with Crippen molar-refractivity contribution in [3.05, 3.63) is 10.6 Å². The van der Waals surface area contributed by atoms with Crippen molar-refractivity contribution in [3.63, 3.8) is 0 Å². The predicted octanol–water partition coefficient (Wildman–Crippen LogP) is 2.75. The van der Waals surface area contributed by atoms with Crippen LogP contribution in [-0.4, -0.2) is 23.2 Å². The molecule has 2 heterocycles. The number of hydrogen-bond acceptors (Lipinski definition) is 4. The van der Waals surface area contributed by atoms with Gasteiger partial charge in [-0.05, 0) is 38.0 Å². The highest BCUT2D eigenvalue weighted by molar-refractivity contribution is 7.15. The van der Waals surface area contributed by atoms with E-state index in [0.717, 1.165) is 49.1 Å². The van der Waals surface area contributed by atoms with Gasteiger partial charge in [0.15, 0.2) is 5.13 Å². The Bertz CT molecular complexity index is 404. The molecule has 2 aliphatic rings. The maximum absolute atomic E-state index is 9.95. The molecule has 17 heavy (non-hydrogen) atoms. The van der Waals surface area contributed by atoms with Gasteiger partial charge in [-0.15, -0.1) is 11.3 Å². The van der Waals surface area contributed by atoms with Crippen LogP contribution in [0.25, 0.3) is 0 Å². The second kappa shape index (κ2) is 4.58. The summed E-state index contributed by atoms with van der Waals surface area (Å²) < 4.78 is 0. The van der Waals surface area contributed by atoms with Gasteiger partial charge in [-0.1, -0.05) is 6.92 Å². The summed E-state index contributed by atoms with van der Waals surface area (Å²) in [6, 6.07) is 0. The Balaban J connectivity index is 1.83. The summed E-state index contributed by atoms with van der Waals surface area (Å²) in [6.07, 6.45) is 5.38. The van der Waals surface area contributed by atoms with Gasteiger partial charge in [-0.3, -0.25) is 0 Å². The van der Waals surface area contributed by atoms with Crippen molar-refractivity contribution in [2.24, 2.45) is 5.92 Å². The number of aliphatic hydroxyl groups is 1. The minimum Gasteiger partial charge on any atom is -0.387 e. The van der Waals surface area contributed by atoms with Crippen LogP contribution in [0.1, 0.15) is 49.3 Å². The smallest absolute Gasteiger partial charge is 0.185 e. The molecule has 1 N–H and O–H groups in total. The number of anilines is 1. The summed E-state index contributed by atoms with van der Waals surface area (Å²) in [5, 5.41) is 11.1. The van der Waals surface area contributed by atoms with Crippen LogP contribution in [0.2, 0.25) is 0 Å². The molecule has 1 saturated heterocycles. The summed E-state index contributed by atoms with van der Waals surface area (Å²) in [5.74, 6) is 0.773. The molecule has 2 unspecified atom stereocenters. The third-order valence-electron chi connectivity index (χ3n) is 3.84. The highest BCUT2D eigenvalue weighted by Crippen LogP contribution is 2.37. The number of thiazole rings is 1. The maximum atomic E-state index is 9.95. The molecule has 4 heteroatoms. The molecule has 94 valence electrons. The highest BCUT2D eigenvalue weighted by atomic mass is 32.1. The van der Waals surface area contributed by atoms with Gasteiger partial charge in [0.2, 0.25) is 0 Å². The van der Waals surface area contributed by atoms with Crippen molar-refractivity contribution < 1.29 is 5.11 Å². The van der Waals surface area contributed by atoms with E-state index < -0.39 is 0 Å². The molecule has 1 aliphatic heterocycles. The van der Waals surface area contributed by atoms with E-state index in [0.29, 0.717) is 0 Å². The highest BCUT2D eigenvalue weighted by Gasteiger charge is 2.26. The fourth-order valence-corrected chi connectivity index (χ4v) is 4.07. The zero-order valence-electron chi connectivity index (χ0n) is 10.4. The largest absolute Gasteiger partial charge is 0.387 e. The van der Waals surface area contributed by atoms with Crippen LogP contribution >= 0.6 is 11.3 Å². The number of aryl methyl sites for hydroxylation is 1. The molecule has 0 radical (unpaired) electrons. The first-order valence-electron chi connectivity index (χ1n) is 6.66. The lowest BCUT2D eigenvalue weighted by Crippen LogP contribution is -2.34. The van der Waals surface area contributed by atoms with Gasteiger partial charge in [-0.25, -0.2) is 4.98 Å². The second-order valence-corrected chi connectivity index (χ2v) is 6.47. The van der Waals surface area contributed by atoms with Gasteiger partial charge >= 0.3 is 0 Å². The fourth-order valence-electron chi connectivity index (χ4n) is 2.88. The third-order valence-corrected chi connectivity index (χ3v) is 5.03. The summed E-state index contributed by atoms with van der Waals surface area (Å²) in [5.41, 5.74) is 0.967. The van der Waals surface area contributed by atoms with Crippen molar-refractivity contribution in [3.8, 4) is 0 Å². The molecule has 2 atom stereocenters. The van der Waals surface area contributed by atoms with Crippen LogP contribution in [0.15, 0.2) is 0 Å². The summed E-state index contributed by atoms with van der Waals surface area (Å²) >= 11 is 1.80. The number of aromatic nitrogens is 1. The molecule has 1 aromatic rings. The van der Waals surface area contributed by atoms with Crippen molar-refractivity contribution >= 4 is 16.5 Å². The molecule has 1 aliphatic carbocycles. The zero-order chi connectivity index (χ0) is 11.8. The van der Waals surface area contributed by atoms with E-state index in [2.05, 4.69) is 16.8 Å². The lowest BCUT2D eigenvalue weighted by atomic mass is 10.0. The van der Waals surface area contributed by atoms with Gasteiger partial charge in [0, 0.05) is 18.0 Å². The monoisotopic (exact) mass is 252 g/mol. The topological polar surface area (TPSA) is 36.4 Å². The summed E-state index contributed by atoms with van der Waals surface area (Å²) in [4.78, 5) is 8.41. The van der Waals surface area contributed by atoms with E-state index >= 15 is 0 Å². The first-order valence-corrected chi connectivity index (χ1v) is 7.48. The molecule has 0 amide bonds. The van der Waals surface area contributed by atoms with E-state index in [1.807, 2.05) is 0 Å². The average Bonchev–Trinajstić information content (AvgIpc) is 2.74. The number of rotatable bonds is 1. The number of hydrogen-bond donors (Lipinski definition) is 1. The van der Waals surface area contributed by atoms with Crippen molar-refractivity contribution in [2.45, 2.75) is 45.1 Å². The van der Waals surface area contributed by atoms with E-state index in [1.165, 1.54) is 17.7 Å². The molecule has 0 spiro atoms. The maximum Gasteiger partial charge on any atom is 0.185 e. The van der Waals surface area contributed by atoms with Gasteiger partial charge in [0.05, 0.1) is 11.8 Å². The van der Waals surface area contributed by atoms with Crippen molar-refractivity contribution in [2.75, 3.05) is 18.0 Å². The Hall–Kier alpha value is -0.610. The van der Waals surface area contributed by atoms with Crippen LogP contribution in [0.3, 0.4) is 0 Å². The van der Waals surface area contributed by atoms with Crippen LogP contribution in [0.4, 0.5) is 5.13 Å². The van der Waals surface area contributed by atoms with E-state index in [4.69, 9.17) is 0 Å². The average molecular weight is 252 g/mol. The predicted molar refractivity (Wildman–Crippen MR) is 70.6 cm³/mol. The molecular weight excluding hydrogens is 232 g/mol. The first kappa shape index (κ1) is 11.5. The molecule has 0 bridgehead atoms. The number of fused-ring (bicyclic) bond motifs is 1. The summed E-state index contributed by atoms with van der Waals surface area (Å²) in [6.45, 7) is 4.57. The molecule has 3 rings (SSSR count). The van der Waals surface area contributed by atoms with Gasteiger partial charge < -0.3 is 10.0 Å². The second-order valence-electron chi connectivity index (χ2n) is 5.41. The Labute approximate surface area is 106 Å². The lowest BCUT2D eigenvalue weighted by molar-refractivity contribution is 0.153. The number of nitrogens with zero attached hydrogens (tertiary/aromatic N) is 2. The fraction of sp³-hybridized carbons (Fsp3) is 0.769. The third kappa shape index (κ3) is 2.20. The van der Waals surface area contributed by atoms with Gasteiger partial charge in [0.25, 0.3) is 0 Å². The minimum atomic E-state index is -0.314. The first-order chi connectivity index (χ1) is 8.24. The normalized spacial score (nSPS) is 29.2. The van der Waals surface area contributed by atoms with Crippen molar-refractivity contribution in [1.82, 2.24) is 4.98 Å². The van der Waals surface area contributed by atoms with Crippen LogP contribution in [0.5, 0.6) is 0 Å². The van der Waals surface area contributed by atoms with Crippen LogP contribution < -0.4 is 4.90 Å². The number of aliphatic hydroxyl groups excluding tert-OH is 1. The Kier molecular flexibility index (Phi) is 3.09. The molecule has 0 aromatic carbocycles. The molecule has 1 fully saturated rings. The van der Waals surface area contributed by atoms with Crippen molar-refractivity contribution in [1.29, 1.82) is 0 Å². The van der Waals surface area contributed by atoms with E-state index in [9.17, 15) is 5.11 Å². The van der Waals surface area contributed by atoms with Gasteiger partial charge in [0.1, 0.15) is 0 Å². The molecule has 1 aromatic heterocycles. The van der Waals surface area contributed by atoms with E-state index in [1.54, 1.807) is 11.3 Å². The van der Waals surface area contributed by atoms with Gasteiger partial charge in [-0.2, -0.15) is 0 Å². The summed E-state index contributed by atoms with van der Waals surface area (Å²) in [7, 11) is 0. The number of piperidine rings is 1. The Morgan fingerprint density at radius 2 is 2.24 bits per heavy atom. The quantitative estimate of drug-likeness (QED) is 0.835. The van der Waals surface area contributed by atoms with Crippen LogP contribution in [0, 0.1) is 5.92 Å². The molecule has 0 saturated carbocycles. The molecular formula is C13H20N2OS. The standard InChI is InChI=1S/C13H20N2OS/c1-9-4-3-7-15(8-9)13-14-12-10(16)5-2-6-11(12)17-13/h9-10,16H,2-8H2,1H3. The van der Waals surface area contributed by atoms with Crippen LogP contribution in [-0.2, 0) is 6.42 Å². The lowest BCUT2D eigenvalue weighted by Gasteiger charge is -2.30. The van der Waals surface area contributed by atoms with E-state index in [-0.39, 0.29) is 6.10 Å². The minimum absolute atomic E-state index is 0.314. The zero-order valence-corrected chi connectivity index (χ0v) is 11.2. The Morgan fingerprint density at radius 1 is 1.35 bits per heavy atom. The SMILES string of the molecule is CC1CCCN(c2nc3c(s2)CCCC3O)C1. The molecule has 3 nitrogen and oxygen atoms in total. The Morgan fingerprint density at radius 3 is 3.00 bits per heavy atom.